The highest BCUT2D eigenvalue weighted by molar-refractivity contribution is 5.77. The summed E-state index contributed by atoms with van der Waals surface area (Å²) in [5.41, 5.74) is 3.19. The maximum Gasteiger partial charge on any atom is 0.304 e. The normalized spacial score (nSPS) is 12.5. The van der Waals surface area contributed by atoms with E-state index in [1.54, 1.807) is 35.0 Å². The summed E-state index contributed by atoms with van der Waals surface area (Å²) >= 11 is 0. The maximum atomic E-state index is 15.1. The average molecular weight is 357 g/mol. The summed E-state index contributed by atoms with van der Waals surface area (Å²) in [5, 5.41) is 26.6. The molecule has 0 aliphatic heterocycles. The summed E-state index contributed by atoms with van der Waals surface area (Å²) in [6.45, 7) is 4.14. The number of aromatic nitrogens is 3. The van der Waals surface area contributed by atoms with Crippen LogP contribution in [-0.2, 0) is 17.9 Å². The first-order valence-electron chi connectivity index (χ1n) is 8.39. The lowest BCUT2D eigenvalue weighted by molar-refractivity contribution is -0.137. The molecule has 1 heterocycles. The van der Waals surface area contributed by atoms with Gasteiger partial charge in [0.05, 0.1) is 18.5 Å². The number of aryl methyl sites for hydroxylation is 2. The fourth-order valence-electron chi connectivity index (χ4n) is 3.18. The van der Waals surface area contributed by atoms with Crippen LogP contribution in [0.2, 0.25) is 0 Å². The average Bonchev–Trinajstić information content (AvgIpc) is 3.05. The summed E-state index contributed by atoms with van der Waals surface area (Å²) in [5.74, 6) is -2.27. The number of fused-ring (bicyclic) bond motifs is 1. The van der Waals surface area contributed by atoms with Crippen LogP contribution in [0.1, 0.15) is 41.5 Å². The quantitative estimate of drug-likeness (QED) is 0.708. The van der Waals surface area contributed by atoms with Gasteiger partial charge in [-0.15, -0.1) is 5.10 Å². The van der Waals surface area contributed by atoms with Crippen molar-refractivity contribution in [3.05, 3.63) is 58.4 Å². The molecule has 26 heavy (non-hydrogen) atoms. The lowest BCUT2D eigenvalue weighted by atomic mass is 9.86. The number of carbonyl (C=O) groups is 1. The van der Waals surface area contributed by atoms with E-state index >= 15 is 4.39 Å². The fourth-order valence-corrected chi connectivity index (χ4v) is 3.18. The van der Waals surface area contributed by atoms with Crippen molar-refractivity contribution in [3.63, 3.8) is 0 Å². The number of aliphatic hydroxyl groups is 1. The highest BCUT2D eigenvalue weighted by Crippen LogP contribution is 2.33. The number of aliphatic carboxylic acids is 1. The van der Waals surface area contributed by atoms with Crippen molar-refractivity contribution in [2.45, 2.75) is 39.3 Å². The summed E-state index contributed by atoms with van der Waals surface area (Å²) in [7, 11) is 0. The predicted molar refractivity (Wildman–Crippen MR) is 94.4 cm³/mol. The van der Waals surface area contributed by atoms with E-state index in [-0.39, 0.29) is 24.1 Å². The van der Waals surface area contributed by atoms with E-state index in [4.69, 9.17) is 0 Å². The van der Waals surface area contributed by atoms with Crippen LogP contribution in [-0.4, -0.2) is 31.2 Å². The molecule has 0 bridgehead atoms. The summed E-state index contributed by atoms with van der Waals surface area (Å²) < 4.78 is 16.7. The molecule has 0 fully saturated rings. The summed E-state index contributed by atoms with van der Waals surface area (Å²) in [6.07, 6.45) is -0.266. The Balaban J connectivity index is 2.15. The van der Waals surface area contributed by atoms with E-state index in [0.29, 0.717) is 23.2 Å². The molecule has 6 nitrogen and oxygen atoms in total. The monoisotopic (exact) mass is 357 g/mol. The minimum Gasteiger partial charge on any atom is -0.481 e. The van der Waals surface area contributed by atoms with E-state index in [0.717, 1.165) is 5.56 Å². The SMILES string of the molecule is CCn1nnc2c(F)c([C@@H](CC(=O)O)c3ccc(C)c(CO)c3)ccc21. The Kier molecular flexibility index (Phi) is 4.99. The molecule has 7 heteroatoms. The Morgan fingerprint density at radius 1 is 1.31 bits per heavy atom. The number of benzene rings is 2. The molecule has 136 valence electrons. The molecule has 0 saturated carbocycles. The Bertz CT molecular complexity index is 968. The van der Waals surface area contributed by atoms with Gasteiger partial charge in [0.1, 0.15) is 5.52 Å². The van der Waals surface area contributed by atoms with E-state index in [9.17, 15) is 15.0 Å². The Morgan fingerprint density at radius 3 is 2.73 bits per heavy atom. The van der Waals surface area contributed by atoms with Gasteiger partial charge in [0.2, 0.25) is 0 Å². The lowest BCUT2D eigenvalue weighted by Gasteiger charge is -2.18. The molecule has 3 rings (SSSR count). The van der Waals surface area contributed by atoms with Gasteiger partial charge < -0.3 is 10.2 Å². The molecule has 0 unspecified atom stereocenters. The van der Waals surface area contributed by atoms with Crippen molar-refractivity contribution in [2.24, 2.45) is 0 Å². The molecular weight excluding hydrogens is 337 g/mol. The number of hydrogen-bond donors (Lipinski definition) is 2. The van der Waals surface area contributed by atoms with Crippen LogP contribution in [0.25, 0.3) is 11.0 Å². The zero-order chi connectivity index (χ0) is 18.8. The first-order chi connectivity index (χ1) is 12.5. The number of rotatable bonds is 6. The highest BCUT2D eigenvalue weighted by atomic mass is 19.1. The third-order valence-corrected chi connectivity index (χ3v) is 4.66. The van der Waals surface area contributed by atoms with E-state index < -0.39 is 17.7 Å². The minimum absolute atomic E-state index is 0.134. The van der Waals surface area contributed by atoms with Crippen LogP contribution in [0.15, 0.2) is 30.3 Å². The van der Waals surface area contributed by atoms with Crippen LogP contribution < -0.4 is 0 Å². The number of nitrogens with zero attached hydrogens (tertiary/aromatic N) is 3. The smallest absolute Gasteiger partial charge is 0.304 e. The third kappa shape index (κ3) is 3.17. The molecule has 0 amide bonds. The highest BCUT2D eigenvalue weighted by Gasteiger charge is 2.24. The topological polar surface area (TPSA) is 88.2 Å². The van der Waals surface area contributed by atoms with E-state index in [2.05, 4.69) is 10.3 Å². The molecule has 0 aliphatic carbocycles. The molecule has 2 N–H and O–H groups in total. The first kappa shape index (κ1) is 18.0. The minimum atomic E-state index is -1.03. The number of carboxylic acids is 1. The van der Waals surface area contributed by atoms with Crippen LogP contribution in [0.5, 0.6) is 0 Å². The van der Waals surface area contributed by atoms with Gasteiger partial charge in [0.25, 0.3) is 0 Å². The predicted octanol–water partition coefficient (Wildman–Crippen LogP) is 3.00. The van der Waals surface area contributed by atoms with Crippen molar-refractivity contribution in [3.8, 4) is 0 Å². The van der Waals surface area contributed by atoms with Crippen molar-refractivity contribution >= 4 is 17.0 Å². The first-order valence-corrected chi connectivity index (χ1v) is 8.39. The molecular formula is C19H20FN3O3. The van der Waals surface area contributed by atoms with Crippen LogP contribution in [0.4, 0.5) is 4.39 Å². The molecule has 2 aromatic carbocycles. The van der Waals surface area contributed by atoms with E-state index in [1.165, 1.54) is 0 Å². The Morgan fingerprint density at radius 2 is 2.08 bits per heavy atom. The summed E-state index contributed by atoms with van der Waals surface area (Å²) in [6, 6.07) is 8.62. The van der Waals surface area contributed by atoms with Gasteiger partial charge in [-0.1, -0.05) is 29.5 Å². The molecule has 0 saturated heterocycles. The largest absolute Gasteiger partial charge is 0.481 e. The maximum absolute atomic E-state index is 15.1. The van der Waals surface area contributed by atoms with Crippen LogP contribution in [0.3, 0.4) is 0 Å². The van der Waals surface area contributed by atoms with Crippen molar-refractivity contribution in [1.29, 1.82) is 0 Å². The number of aliphatic hydroxyl groups excluding tert-OH is 1. The summed E-state index contributed by atoms with van der Waals surface area (Å²) in [4.78, 5) is 11.4. The zero-order valence-electron chi connectivity index (χ0n) is 14.6. The molecule has 3 aromatic rings. The fraction of sp³-hybridized carbons (Fsp3) is 0.316. The van der Waals surface area contributed by atoms with Gasteiger partial charge in [-0.3, -0.25) is 4.79 Å². The molecule has 0 aliphatic rings. The second kappa shape index (κ2) is 7.21. The second-order valence-electron chi connectivity index (χ2n) is 6.24. The van der Waals surface area contributed by atoms with Crippen molar-refractivity contribution in [1.82, 2.24) is 15.0 Å². The second-order valence-corrected chi connectivity index (χ2v) is 6.24. The third-order valence-electron chi connectivity index (χ3n) is 4.66. The Hall–Kier alpha value is -2.80. The van der Waals surface area contributed by atoms with Gasteiger partial charge in [-0.05, 0) is 42.2 Å². The number of carboxylic acid groups (broad SMARTS) is 1. The van der Waals surface area contributed by atoms with E-state index in [1.807, 2.05) is 13.8 Å². The zero-order valence-corrected chi connectivity index (χ0v) is 14.6. The lowest BCUT2D eigenvalue weighted by Crippen LogP contribution is -2.11. The van der Waals surface area contributed by atoms with Crippen molar-refractivity contribution < 1.29 is 19.4 Å². The molecule has 0 radical (unpaired) electrons. The standard InChI is InChI=1S/C19H20FN3O3/c1-3-23-16-7-6-14(18(20)19(16)21-22-23)15(9-17(25)26)12-5-4-11(2)13(8-12)10-24/h4-8,15,24H,3,9-10H2,1-2H3,(H,25,26)/t15-/m0/s1. The van der Waals surface area contributed by atoms with Gasteiger partial charge in [0, 0.05) is 12.5 Å². The number of halogens is 1. The van der Waals surface area contributed by atoms with Crippen LogP contribution >= 0.6 is 0 Å². The molecule has 1 aromatic heterocycles. The van der Waals surface area contributed by atoms with Crippen LogP contribution in [0, 0.1) is 12.7 Å². The number of hydrogen-bond acceptors (Lipinski definition) is 4. The van der Waals surface area contributed by atoms with Gasteiger partial charge in [0.15, 0.2) is 5.82 Å². The molecule has 1 atom stereocenters. The van der Waals surface area contributed by atoms with Gasteiger partial charge in [-0.2, -0.15) is 0 Å². The molecule has 0 spiro atoms. The van der Waals surface area contributed by atoms with Crippen molar-refractivity contribution in [2.75, 3.05) is 0 Å². The van der Waals surface area contributed by atoms with Gasteiger partial charge >= 0.3 is 5.97 Å². The van der Waals surface area contributed by atoms with Gasteiger partial charge in [-0.25, -0.2) is 9.07 Å². The Labute approximate surface area is 149 Å².